The van der Waals surface area contributed by atoms with Crippen LogP contribution < -0.4 is 5.32 Å². The molecule has 1 aliphatic rings. The average molecular weight is 359 g/mol. The smallest absolute Gasteiger partial charge is 0.253 e. The van der Waals surface area contributed by atoms with Crippen molar-refractivity contribution in [2.24, 2.45) is 0 Å². The van der Waals surface area contributed by atoms with Crippen LogP contribution in [0, 0.1) is 6.92 Å². The number of aromatic nitrogens is 1. The van der Waals surface area contributed by atoms with E-state index in [2.05, 4.69) is 39.5 Å². The molecule has 138 valence electrons. The summed E-state index contributed by atoms with van der Waals surface area (Å²) >= 11 is 0. The topological polar surface area (TPSA) is 45.2 Å². The molecule has 1 aliphatic heterocycles. The van der Waals surface area contributed by atoms with Crippen molar-refractivity contribution in [3.63, 3.8) is 0 Å². The summed E-state index contributed by atoms with van der Waals surface area (Å²) in [6.45, 7) is 4.81. The molecule has 2 heterocycles. The van der Waals surface area contributed by atoms with Gasteiger partial charge < -0.3 is 5.32 Å². The molecular weight excluding hydrogens is 334 g/mol. The van der Waals surface area contributed by atoms with E-state index < -0.39 is 0 Å². The zero-order valence-corrected chi connectivity index (χ0v) is 15.7. The molecule has 0 saturated carbocycles. The monoisotopic (exact) mass is 359 g/mol. The van der Waals surface area contributed by atoms with Gasteiger partial charge in [0.1, 0.15) is 0 Å². The maximum absolute atomic E-state index is 12.9. The van der Waals surface area contributed by atoms with E-state index in [9.17, 15) is 4.79 Å². The average Bonchev–Trinajstić information content (AvgIpc) is 2.68. The fourth-order valence-corrected chi connectivity index (χ4v) is 3.86. The highest BCUT2D eigenvalue weighted by Crippen LogP contribution is 2.18. The molecule has 1 saturated heterocycles. The summed E-state index contributed by atoms with van der Waals surface area (Å²) in [5, 5.41) is 4.24. The third-order valence-electron chi connectivity index (χ3n) is 5.25. The number of hydrogen-bond donors (Lipinski definition) is 1. The molecule has 4 rings (SSSR count). The van der Waals surface area contributed by atoms with Crippen molar-refractivity contribution in [2.45, 2.75) is 32.4 Å². The van der Waals surface area contributed by atoms with Crippen LogP contribution in [0.25, 0.3) is 10.9 Å². The van der Waals surface area contributed by atoms with Crippen molar-refractivity contribution < 1.29 is 4.79 Å². The van der Waals surface area contributed by atoms with Crippen LogP contribution in [-0.2, 0) is 6.54 Å². The minimum Gasteiger partial charge on any atom is -0.348 e. The van der Waals surface area contributed by atoms with Gasteiger partial charge in [0.05, 0.1) is 16.8 Å². The fraction of sp³-hybridized carbons (Fsp3) is 0.304. The Balaban J connectivity index is 1.44. The number of hydrogen-bond acceptors (Lipinski definition) is 3. The van der Waals surface area contributed by atoms with Crippen LogP contribution in [0.1, 0.15) is 34.5 Å². The zero-order chi connectivity index (χ0) is 18.6. The molecule has 0 radical (unpaired) electrons. The van der Waals surface area contributed by atoms with E-state index in [1.54, 1.807) is 0 Å². The summed E-state index contributed by atoms with van der Waals surface area (Å²) in [7, 11) is 0. The molecule has 1 atom stereocenters. The highest BCUT2D eigenvalue weighted by molar-refractivity contribution is 5.98. The molecule has 0 spiro atoms. The minimum absolute atomic E-state index is 0.0164. The number of aryl methyl sites for hydroxylation is 1. The maximum Gasteiger partial charge on any atom is 0.253 e. The first kappa shape index (κ1) is 17.7. The maximum atomic E-state index is 12.9. The number of para-hydroxylation sites is 1. The molecule has 1 amide bonds. The van der Waals surface area contributed by atoms with Crippen LogP contribution in [0.3, 0.4) is 0 Å². The molecule has 1 aromatic heterocycles. The van der Waals surface area contributed by atoms with Gasteiger partial charge in [-0.05, 0) is 44.0 Å². The number of likely N-dealkylation sites (tertiary alicyclic amines) is 1. The van der Waals surface area contributed by atoms with Crippen LogP contribution in [0.15, 0.2) is 60.7 Å². The lowest BCUT2D eigenvalue weighted by molar-refractivity contribution is 0.0900. The van der Waals surface area contributed by atoms with E-state index >= 15 is 0 Å². The Hall–Kier alpha value is -2.72. The van der Waals surface area contributed by atoms with Crippen molar-refractivity contribution >= 4 is 16.8 Å². The largest absolute Gasteiger partial charge is 0.348 e. The first-order valence-electron chi connectivity index (χ1n) is 9.62. The number of nitrogens with zero attached hydrogens (tertiary/aromatic N) is 2. The fourth-order valence-electron chi connectivity index (χ4n) is 3.86. The lowest BCUT2D eigenvalue weighted by atomic mass is 10.0. The Bertz CT molecular complexity index is 939. The number of amides is 1. The van der Waals surface area contributed by atoms with Gasteiger partial charge in [-0.25, -0.2) is 0 Å². The van der Waals surface area contributed by atoms with Crippen LogP contribution in [0.2, 0.25) is 0 Å². The van der Waals surface area contributed by atoms with Gasteiger partial charge in [0.2, 0.25) is 0 Å². The predicted molar refractivity (Wildman–Crippen MR) is 109 cm³/mol. The quantitative estimate of drug-likeness (QED) is 0.767. The number of piperidine rings is 1. The summed E-state index contributed by atoms with van der Waals surface area (Å²) in [6, 6.07) is 20.6. The Kier molecular flexibility index (Phi) is 5.16. The molecule has 0 bridgehead atoms. The van der Waals surface area contributed by atoms with Gasteiger partial charge in [-0.15, -0.1) is 0 Å². The van der Waals surface area contributed by atoms with Crippen LogP contribution >= 0.6 is 0 Å². The second kappa shape index (κ2) is 7.89. The van der Waals surface area contributed by atoms with E-state index in [-0.39, 0.29) is 11.9 Å². The van der Waals surface area contributed by atoms with Gasteiger partial charge in [0.15, 0.2) is 0 Å². The summed E-state index contributed by atoms with van der Waals surface area (Å²) < 4.78 is 0. The van der Waals surface area contributed by atoms with E-state index in [0.29, 0.717) is 5.56 Å². The third-order valence-corrected chi connectivity index (χ3v) is 5.25. The van der Waals surface area contributed by atoms with Gasteiger partial charge >= 0.3 is 0 Å². The highest BCUT2D eigenvalue weighted by Gasteiger charge is 2.23. The van der Waals surface area contributed by atoms with Crippen LogP contribution in [-0.4, -0.2) is 34.9 Å². The highest BCUT2D eigenvalue weighted by atomic mass is 16.1. The molecule has 27 heavy (non-hydrogen) atoms. The lowest BCUT2D eigenvalue weighted by Crippen LogP contribution is -2.47. The first-order chi connectivity index (χ1) is 13.2. The minimum atomic E-state index is -0.0164. The first-order valence-corrected chi connectivity index (χ1v) is 9.62. The molecule has 4 heteroatoms. The van der Waals surface area contributed by atoms with Gasteiger partial charge in [-0.3, -0.25) is 14.7 Å². The van der Waals surface area contributed by atoms with Gasteiger partial charge in [-0.2, -0.15) is 0 Å². The van der Waals surface area contributed by atoms with E-state index in [1.165, 1.54) is 5.56 Å². The van der Waals surface area contributed by atoms with Crippen molar-refractivity contribution in [1.29, 1.82) is 0 Å². The summed E-state index contributed by atoms with van der Waals surface area (Å²) in [6.07, 6.45) is 2.13. The molecular formula is C23H25N3O. The van der Waals surface area contributed by atoms with E-state index in [0.717, 1.165) is 49.1 Å². The lowest BCUT2D eigenvalue weighted by Gasteiger charge is -2.33. The van der Waals surface area contributed by atoms with Gasteiger partial charge in [0.25, 0.3) is 5.91 Å². The van der Waals surface area contributed by atoms with Crippen molar-refractivity contribution in [2.75, 3.05) is 13.1 Å². The Morgan fingerprint density at radius 1 is 1.15 bits per heavy atom. The summed E-state index contributed by atoms with van der Waals surface area (Å²) in [5.41, 5.74) is 3.70. The summed E-state index contributed by atoms with van der Waals surface area (Å²) in [5.74, 6) is -0.0164. The van der Waals surface area contributed by atoms with Crippen molar-refractivity contribution in [3.8, 4) is 0 Å². The predicted octanol–water partition coefficient (Wildman–Crippen LogP) is 3.94. The zero-order valence-electron chi connectivity index (χ0n) is 15.7. The Morgan fingerprint density at radius 3 is 2.78 bits per heavy atom. The third kappa shape index (κ3) is 4.17. The normalized spacial score (nSPS) is 17.7. The number of pyridine rings is 1. The molecule has 3 aromatic rings. The van der Waals surface area contributed by atoms with Gasteiger partial charge in [0, 0.05) is 24.5 Å². The number of carbonyl (C=O) groups is 1. The van der Waals surface area contributed by atoms with E-state index in [4.69, 9.17) is 0 Å². The number of rotatable bonds is 4. The standard InChI is InChI=1S/C23H25N3O/c1-17-21(14-19-10-5-6-12-22(19)24-17)23(27)25-20-11-7-13-26(16-20)15-18-8-3-2-4-9-18/h2-6,8-10,12,14,20H,7,11,13,15-16H2,1H3,(H,25,27). The molecule has 1 N–H and O–H groups in total. The molecule has 1 fully saturated rings. The van der Waals surface area contributed by atoms with Crippen LogP contribution in [0.5, 0.6) is 0 Å². The van der Waals surface area contributed by atoms with E-state index in [1.807, 2.05) is 43.3 Å². The number of nitrogens with one attached hydrogen (secondary N) is 1. The number of benzene rings is 2. The van der Waals surface area contributed by atoms with Gasteiger partial charge in [-0.1, -0.05) is 48.5 Å². The molecule has 1 unspecified atom stereocenters. The number of fused-ring (bicyclic) bond motifs is 1. The van der Waals surface area contributed by atoms with Crippen LogP contribution in [0.4, 0.5) is 0 Å². The molecule has 4 nitrogen and oxygen atoms in total. The molecule has 0 aliphatic carbocycles. The summed E-state index contributed by atoms with van der Waals surface area (Å²) in [4.78, 5) is 19.9. The second-order valence-corrected chi connectivity index (χ2v) is 7.35. The number of carbonyl (C=O) groups excluding carboxylic acids is 1. The Morgan fingerprint density at radius 2 is 1.93 bits per heavy atom. The van der Waals surface area contributed by atoms with Crippen molar-refractivity contribution in [1.82, 2.24) is 15.2 Å². The SMILES string of the molecule is Cc1nc2ccccc2cc1C(=O)NC1CCCN(Cc2ccccc2)C1. The second-order valence-electron chi connectivity index (χ2n) is 7.35. The molecule has 2 aromatic carbocycles. The van der Waals surface area contributed by atoms with Crippen molar-refractivity contribution in [3.05, 3.63) is 77.5 Å². The Labute approximate surface area is 160 Å².